The highest BCUT2D eigenvalue weighted by Gasteiger charge is 2.11. The van der Waals surface area contributed by atoms with Crippen molar-refractivity contribution in [2.45, 2.75) is 13.8 Å². The Bertz CT molecular complexity index is 1150. The van der Waals surface area contributed by atoms with Crippen LogP contribution in [-0.4, -0.2) is 38.9 Å². The maximum Gasteiger partial charge on any atom is 0.229 e. The maximum absolute atomic E-state index is 5.53. The van der Waals surface area contributed by atoms with Gasteiger partial charge in [0.15, 0.2) is 5.65 Å². The van der Waals surface area contributed by atoms with Crippen LogP contribution >= 0.6 is 0 Å². The summed E-state index contributed by atoms with van der Waals surface area (Å²) < 4.78 is 7.31. The van der Waals surface area contributed by atoms with E-state index in [0.29, 0.717) is 17.3 Å². The van der Waals surface area contributed by atoms with Crippen LogP contribution in [0.3, 0.4) is 0 Å². The van der Waals surface area contributed by atoms with Gasteiger partial charge < -0.3 is 15.4 Å². The Kier molecular flexibility index (Phi) is 4.52. The lowest BCUT2D eigenvalue weighted by Gasteiger charge is -2.12. The van der Waals surface area contributed by atoms with Gasteiger partial charge in [0.05, 0.1) is 7.11 Å². The van der Waals surface area contributed by atoms with Crippen molar-refractivity contribution in [3.05, 3.63) is 54.0 Å². The van der Waals surface area contributed by atoms with Gasteiger partial charge in [0.2, 0.25) is 5.95 Å². The summed E-state index contributed by atoms with van der Waals surface area (Å²) in [5.41, 5.74) is 4.27. The fourth-order valence-corrected chi connectivity index (χ4v) is 2.98. The number of fused-ring (bicyclic) bond motifs is 1. The van der Waals surface area contributed by atoms with Gasteiger partial charge in [-0.3, -0.25) is 0 Å². The number of aromatic nitrogens is 5. The minimum atomic E-state index is 0.517. The first-order valence-electron chi connectivity index (χ1n) is 8.86. The molecule has 0 atom stereocenters. The standard InChI is InChI=1S/C20H21N7O/c1-12-7-14-11-27(26-19(14)22-10-12)16-9-15(5-6-17(16)28-4)24-20-23-13(2)8-18(21-3)25-20/h5-11H,1-4H3,(H2,21,23,24,25). The van der Waals surface area contributed by atoms with E-state index in [0.717, 1.165) is 33.8 Å². The lowest BCUT2D eigenvalue weighted by molar-refractivity contribution is 0.412. The van der Waals surface area contributed by atoms with Gasteiger partial charge in [0.1, 0.15) is 17.3 Å². The van der Waals surface area contributed by atoms with Crippen molar-refractivity contribution in [3.63, 3.8) is 0 Å². The highest BCUT2D eigenvalue weighted by atomic mass is 16.5. The molecule has 0 saturated carbocycles. The lowest BCUT2D eigenvalue weighted by Crippen LogP contribution is -2.04. The molecule has 0 amide bonds. The molecule has 0 aliphatic rings. The van der Waals surface area contributed by atoms with Crippen LogP contribution in [0.5, 0.6) is 5.75 Å². The molecular formula is C20H21N7O. The molecule has 3 aromatic heterocycles. The summed E-state index contributed by atoms with van der Waals surface area (Å²) in [6, 6.07) is 9.69. The van der Waals surface area contributed by atoms with Gasteiger partial charge in [-0.25, -0.2) is 14.6 Å². The Labute approximate surface area is 162 Å². The quantitative estimate of drug-likeness (QED) is 0.550. The average molecular weight is 375 g/mol. The van der Waals surface area contributed by atoms with Gasteiger partial charge in [0.25, 0.3) is 0 Å². The molecule has 0 fully saturated rings. The van der Waals surface area contributed by atoms with Crippen LogP contribution in [0.1, 0.15) is 11.3 Å². The summed E-state index contributed by atoms with van der Waals surface area (Å²) in [5, 5.41) is 11.8. The van der Waals surface area contributed by atoms with Gasteiger partial charge in [0, 0.05) is 42.3 Å². The van der Waals surface area contributed by atoms with Crippen molar-refractivity contribution >= 4 is 28.5 Å². The van der Waals surface area contributed by atoms with Crippen LogP contribution in [-0.2, 0) is 0 Å². The molecule has 28 heavy (non-hydrogen) atoms. The van der Waals surface area contributed by atoms with Crippen LogP contribution in [0.15, 0.2) is 42.7 Å². The van der Waals surface area contributed by atoms with E-state index in [9.17, 15) is 0 Å². The molecule has 0 radical (unpaired) electrons. The van der Waals surface area contributed by atoms with Crippen LogP contribution in [0, 0.1) is 13.8 Å². The number of ether oxygens (including phenoxy) is 1. The summed E-state index contributed by atoms with van der Waals surface area (Å²) in [4.78, 5) is 13.3. The van der Waals surface area contributed by atoms with Crippen LogP contribution < -0.4 is 15.4 Å². The maximum atomic E-state index is 5.53. The number of hydrogen-bond donors (Lipinski definition) is 2. The highest BCUT2D eigenvalue weighted by Crippen LogP contribution is 2.28. The molecule has 4 rings (SSSR count). The monoisotopic (exact) mass is 375 g/mol. The Balaban J connectivity index is 1.74. The van der Waals surface area contributed by atoms with Crippen molar-refractivity contribution < 1.29 is 4.74 Å². The second-order valence-electron chi connectivity index (χ2n) is 6.48. The van der Waals surface area contributed by atoms with E-state index >= 15 is 0 Å². The Hall–Kier alpha value is -3.68. The molecular weight excluding hydrogens is 354 g/mol. The number of methoxy groups -OCH3 is 1. The zero-order valence-electron chi connectivity index (χ0n) is 16.2. The molecule has 4 aromatic rings. The molecule has 8 heteroatoms. The average Bonchev–Trinajstić information content (AvgIpc) is 3.10. The van der Waals surface area contributed by atoms with Crippen molar-refractivity contribution in [1.29, 1.82) is 0 Å². The van der Waals surface area contributed by atoms with E-state index in [1.807, 2.05) is 57.6 Å². The highest BCUT2D eigenvalue weighted by molar-refractivity contribution is 5.75. The molecule has 0 unspecified atom stereocenters. The smallest absolute Gasteiger partial charge is 0.229 e. The first-order valence-corrected chi connectivity index (χ1v) is 8.86. The van der Waals surface area contributed by atoms with Crippen LogP contribution in [0.2, 0.25) is 0 Å². The number of aryl methyl sites for hydroxylation is 2. The molecule has 0 aliphatic carbocycles. The first-order chi connectivity index (χ1) is 13.6. The Morgan fingerprint density at radius 1 is 1.07 bits per heavy atom. The molecule has 0 saturated heterocycles. The van der Waals surface area contributed by atoms with Gasteiger partial charge in [-0.15, -0.1) is 5.10 Å². The number of hydrogen-bond acceptors (Lipinski definition) is 7. The summed E-state index contributed by atoms with van der Waals surface area (Å²) in [5.74, 6) is 1.98. The minimum Gasteiger partial charge on any atom is -0.494 e. The molecule has 1 aromatic carbocycles. The van der Waals surface area contributed by atoms with Crippen molar-refractivity contribution in [3.8, 4) is 11.4 Å². The molecule has 8 nitrogen and oxygen atoms in total. The lowest BCUT2D eigenvalue weighted by atomic mass is 10.2. The first kappa shape index (κ1) is 17.7. The number of nitrogens with zero attached hydrogens (tertiary/aromatic N) is 5. The largest absolute Gasteiger partial charge is 0.494 e. The Morgan fingerprint density at radius 3 is 2.71 bits per heavy atom. The zero-order valence-corrected chi connectivity index (χ0v) is 16.2. The van der Waals surface area contributed by atoms with Crippen LogP contribution in [0.25, 0.3) is 16.7 Å². The predicted molar refractivity (Wildman–Crippen MR) is 110 cm³/mol. The molecule has 0 spiro atoms. The number of anilines is 3. The number of pyridine rings is 1. The number of nitrogens with one attached hydrogen (secondary N) is 2. The van der Waals surface area contributed by atoms with E-state index in [1.165, 1.54) is 0 Å². The predicted octanol–water partition coefficient (Wildman–Crippen LogP) is 3.62. The summed E-state index contributed by atoms with van der Waals surface area (Å²) in [6.45, 7) is 3.94. The third-order valence-corrected chi connectivity index (χ3v) is 4.29. The summed E-state index contributed by atoms with van der Waals surface area (Å²) in [6.07, 6.45) is 3.75. The molecule has 142 valence electrons. The van der Waals surface area contributed by atoms with E-state index < -0.39 is 0 Å². The summed E-state index contributed by atoms with van der Waals surface area (Å²) in [7, 11) is 3.47. The second kappa shape index (κ2) is 7.15. The van der Waals surface area contributed by atoms with Crippen molar-refractivity contribution in [2.75, 3.05) is 24.8 Å². The fraction of sp³-hybridized carbons (Fsp3) is 0.200. The van der Waals surface area contributed by atoms with E-state index in [2.05, 4.69) is 36.8 Å². The van der Waals surface area contributed by atoms with Crippen molar-refractivity contribution in [1.82, 2.24) is 24.7 Å². The normalized spacial score (nSPS) is 10.9. The van der Waals surface area contributed by atoms with E-state index in [4.69, 9.17) is 4.74 Å². The molecule has 2 N–H and O–H groups in total. The van der Waals surface area contributed by atoms with E-state index in [1.54, 1.807) is 11.8 Å². The van der Waals surface area contributed by atoms with Gasteiger partial charge in [-0.2, -0.15) is 4.98 Å². The molecule has 3 heterocycles. The third-order valence-electron chi connectivity index (χ3n) is 4.29. The number of rotatable bonds is 5. The molecule has 0 aliphatic heterocycles. The fourth-order valence-electron chi connectivity index (χ4n) is 2.98. The summed E-state index contributed by atoms with van der Waals surface area (Å²) >= 11 is 0. The minimum absolute atomic E-state index is 0.517. The van der Waals surface area contributed by atoms with E-state index in [-0.39, 0.29) is 0 Å². The second-order valence-corrected chi connectivity index (χ2v) is 6.48. The Morgan fingerprint density at radius 2 is 1.93 bits per heavy atom. The van der Waals surface area contributed by atoms with Gasteiger partial charge in [-0.05, 0) is 43.7 Å². The van der Waals surface area contributed by atoms with Crippen molar-refractivity contribution in [2.24, 2.45) is 0 Å². The topological polar surface area (TPSA) is 89.8 Å². The van der Waals surface area contributed by atoms with Gasteiger partial charge >= 0.3 is 0 Å². The van der Waals surface area contributed by atoms with Gasteiger partial charge in [-0.1, -0.05) is 0 Å². The number of benzene rings is 1. The SMILES string of the molecule is CNc1cc(C)nc(Nc2ccc(OC)c(-n3cc4cc(C)cnc4n3)c2)n1. The zero-order chi connectivity index (χ0) is 19.7. The van der Waals surface area contributed by atoms with Crippen LogP contribution in [0.4, 0.5) is 17.5 Å². The molecule has 0 bridgehead atoms. The third kappa shape index (κ3) is 3.44.